The third kappa shape index (κ3) is 2.29. The largest absolute Gasteiger partial charge is 0.328 e. The lowest BCUT2D eigenvalue weighted by Crippen LogP contribution is -2.10. The Labute approximate surface area is 128 Å². The average molecular weight is 301 g/mol. The van der Waals surface area contributed by atoms with Crippen LogP contribution in [0.2, 0.25) is 0 Å². The van der Waals surface area contributed by atoms with Gasteiger partial charge in [0.25, 0.3) is 0 Å². The molecular formula is C15H19N5S. The van der Waals surface area contributed by atoms with Crippen LogP contribution in [0.5, 0.6) is 0 Å². The summed E-state index contributed by atoms with van der Waals surface area (Å²) in [5, 5.41) is 4.62. The molecule has 0 radical (unpaired) electrons. The fraction of sp³-hybridized carbons (Fsp3) is 0.400. The molecule has 0 aromatic carbocycles. The van der Waals surface area contributed by atoms with E-state index < -0.39 is 0 Å². The van der Waals surface area contributed by atoms with Gasteiger partial charge in [0.2, 0.25) is 0 Å². The maximum absolute atomic E-state index is 5.53. The van der Waals surface area contributed by atoms with Gasteiger partial charge in [0.15, 0.2) is 10.4 Å². The van der Waals surface area contributed by atoms with Crippen LogP contribution >= 0.6 is 12.2 Å². The maximum atomic E-state index is 5.53. The molecule has 1 atom stereocenters. The topological polar surface area (TPSA) is 51.4 Å². The maximum Gasteiger partial charge on any atom is 0.179 e. The molecule has 5 nitrogen and oxygen atoms in total. The lowest BCUT2D eigenvalue weighted by atomic mass is 10.1. The van der Waals surface area contributed by atoms with Crippen LogP contribution in [-0.4, -0.2) is 24.3 Å². The number of fused-ring (bicyclic) bond motifs is 1. The Hall–Kier alpha value is -1.95. The molecule has 3 aromatic heterocycles. The fourth-order valence-corrected chi connectivity index (χ4v) is 3.13. The van der Waals surface area contributed by atoms with Gasteiger partial charge < -0.3 is 4.98 Å². The number of imidazole rings is 1. The molecule has 0 fully saturated rings. The molecule has 1 unspecified atom stereocenters. The van der Waals surface area contributed by atoms with Gasteiger partial charge in [-0.25, -0.2) is 0 Å². The van der Waals surface area contributed by atoms with E-state index in [0.717, 1.165) is 40.0 Å². The first-order valence-corrected chi connectivity index (χ1v) is 7.60. The zero-order valence-electron chi connectivity index (χ0n) is 12.5. The van der Waals surface area contributed by atoms with E-state index in [2.05, 4.69) is 39.5 Å². The second-order valence-electron chi connectivity index (χ2n) is 5.28. The third-order valence-electron chi connectivity index (χ3n) is 3.81. The van der Waals surface area contributed by atoms with Gasteiger partial charge in [0.1, 0.15) is 5.52 Å². The SMILES string of the molecule is CCCc1nn(C)c2c1[nH]c(=S)n2C(C)c1cccnc1. The Morgan fingerprint density at radius 3 is 2.90 bits per heavy atom. The summed E-state index contributed by atoms with van der Waals surface area (Å²) in [6.07, 6.45) is 5.68. The van der Waals surface area contributed by atoms with E-state index in [1.165, 1.54) is 0 Å². The van der Waals surface area contributed by atoms with Crippen molar-refractivity contribution in [1.29, 1.82) is 0 Å². The third-order valence-corrected chi connectivity index (χ3v) is 4.11. The van der Waals surface area contributed by atoms with Crippen molar-refractivity contribution in [2.24, 2.45) is 7.05 Å². The van der Waals surface area contributed by atoms with Crippen molar-refractivity contribution in [3.05, 3.63) is 40.6 Å². The monoisotopic (exact) mass is 301 g/mol. The van der Waals surface area contributed by atoms with Gasteiger partial charge in [0, 0.05) is 19.4 Å². The molecule has 3 heterocycles. The molecule has 21 heavy (non-hydrogen) atoms. The molecule has 0 saturated carbocycles. The molecule has 0 aliphatic heterocycles. The highest BCUT2D eigenvalue weighted by molar-refractivity contribution is 7.71. The summed E-state index contributed by atoms with van der Waals surface area (Å²) in [4.78, 5) is 7.53. The predicted molar refractivity (Wildman–Crippen MR) is 85.9 cm³/mol. The second kappa shape index (κ2) is 5.44. The minimum absolute atomic E-state index is 0.116. The van der Waals surface area contributed by atoms with Crippen LogP contribution in [0.15, 0.2) is 24.5 Å². The van der Waals surface area contributed by atoms with Crippen LogP contribution in [0.25, 0.3) is 11.2 Å². The molecule has 0 aliphatic rings. The zero-order valence-corrected chi connectivity index (χ0v) is 13.3. The lowest BCUT2D eigenvalue weighted by molar-refractivity contribution is 0.617. The number of H-pyrrole nitrogens is 1. The molecular weight excluding hydrogens is 282 g/mol. The van der Waals surface area contributed by atoms with E-state index in [4.69, 9.17) is 12.2 Å². The van der Waals surface area contributed by atoms with Crippen LogP contribution in [0.4, 0.5) is 0 Å². The highest BCUT2D eigenvalue weighted by Gasteiger charge is 2.19. The Bertz CT molecular complexity index is 812. The first-order chi connectivity index (χ1) is 10.1. The summed E-state index contributed by atoms with van der Waals surface area (Å²) in [5.41, 5.74) is 4.31. The molecule has 3 aromatic rings. The Kier molecular flexibility index (Phi) is 3.63. The number of aryl methyl sites for hydroxylation is 2. The molecule has 6 heteroatoms. The average Bonchev–Trinajstić information content (AvgIpc) is 2.97. The fourth-order valence-electron chi connectivity index (χ4n) is 2.78. The van der Waals surface area contributed by atoms with E-state index in [9.17, 15) is 0 Å². The Balaban J connectivity index is 2.19. The smallest absolute Gasteiger partial charge is 0.179 e. The first kappa shape index (κ1) is 14.0. The standard InChI is InChI=1S/C15H19N5S/c1-4-6-12-13-14(19(3)18-12)20(15(21)17-13)10(2)11-7-5-8-16-9-11/h5,7-10H,4,6H2,1-3H3,(H,17,21). The van der Waals surface area contributed by atoms with Crippen molar-refractivity contribution in [2.75, 3.05) is 0 Å². The van der Waals surface area contributed by atoms with E-state index >= 15 is 0 Å². The summed E-state index contributed by atoms with van der Waals surface area (Å²) in [7, 11) is 1.97. The number of aromatic amines is 1. The van der Waals surface area contributed by atoms with Crippen molar-refractivity contribution in [3.8, 4) is 0 Å². The van der Waals surface area contributed by atoms with Crippen molar-refractivity contribution in [2.45, 2.75) is 32.7 Å². The molecule has 0 saturated heterocycles. The molecule has 3 rings (SSSR count). The molecule has 0 spiro atoms. The zero-order chi connectivity index (χ0) is 15.0. The van der Waals surface area contributed by atoms with Crippen molar-refractivity contribution < 1.29 is 0 Å². The van der Waals surface area contributed by atoms with Crippen molar-refractivity contribution in [1.82, 2.24) is 24.3 Å². The molecule has 0 amide bonds. The van der Waals surface area contributed by atoms with E-state index in [-0.39, 0.29) is 6.04 Å². The normalized spacial score (nSPS) is 12.9. The second-order valence-corrected chi connectivity index (χ2v) is 5.67. The van der Waals surface area contributed by atoms with Gasteiger partial charge in [0.05, 0.1) is 11.7 Å². The summed E-state index contributed by atoms with van der Waals surface area (Å²) in [6.45, 7) is 4.29. The molecule has 0 aliphatic carbocycles. The number of nitrogens with zero attached hydrogens (tertiary/aromatic N) is 4. The number of aromatic nitrogens is 5. The van der Waals surface area contributed by atoms with Gasteiger partial charge in [-0.15, -0.1) is 0 Å². The summed E-state index contributed by atoms with van der Waals surface area (Å²) in [6, 6.07) is 4.14. The number of pyridine rings is 1. The van der Waals surface area contributed by atoms with Crippen LogP contribution in [0.1, 0.15) is 37.6 Å². The summed E-state index contributed by atoms with van der Waals surface area (Å²) >= 11 is 5.53. The summed E-state index contributed by atoms with van der Waals surface area (Å²) < 4.78 is 4.76. The van der Waals surface area contributed by atoms with Crippen LogP contribution in [0, 0.1) is 4.77 Å². The predicted octanol–water partition coefficient (Wildman–Crippen LogP) is 3.39. The first-order valence-electron chi connectivity index (χ1n) is 7.19. The van der Waals surface area contributed by atoms with Gasteiger partial charge in [-0.2, -0.15) is 5.10 Å². The molecule has 0 bridgehead atoms. The van der Waals surface area contributed by atoms with E-state index in [1.807, 2.05) is 24.0 Å². The van der Waals surface area contributed by atoms with E-state index in [0.29, 0.717) is 0 Å². The summed E-state index contributed by atoms with van der Waals surface area (Å²) in [5.74, 6) is 0. The van der Waals surface area contributed by atoms with Crippen LogP contribution < -0.4 is 0 Å². The van der Waals surface area contributed by atoms with Gasteiger partial charge >= 0.3 is 0 Å². The molecule has 110 valence electrons. The Morgan fingerprint density at radius 1 is 1.43 bits per heavy atom. The Morgan fingerprint density at radius 2 is 2.24 bits per heavy atom. The van der Waals surface area contributed by atoms with Crippen molar-refractivity contribution >= 4 is 23.4 Å². The van der Waals surface area contributed by atoms with Gasteiger partial charge in [-0.1, -0.05) is 19.4 Å². The van der Waals surface area contributed by atoms with Crippen molar-refractivity contribution in [3.63, 3.8) is 0 Å². The molecule has 1 N–H and O–H groups in total. The minimum Gasteiger partial charge on any atom is -0.328 e. The lowest BCUT2D eigenvalue weighted by Gasteiger charge is -2.14. The van der Waals surface area contributed by atoms with Crippen LogP contribution in [0.3, 0.4) is 0 Å². The minimum atomic E-state index is 0.116. The number of rotatable bonds is 4. The number of nitrogens with one attached hydrogen (secondary N) is 1. The highest BCUT2D eigenvalue weighted by atomic mass is 32.1. The highest BCUT2D eigenvalue weighted by Crippen LogP contribution is 2.25. The quantitative estimate of drug-likeness (QED) is 0.752. The van der Waals surface area contributed by atoms with Gasteiger partial charge in [-0.3, -0.25) is 14.2 Å². The number of hydrogen-bond donors (Lipinski definition) is 1. The van der Waals surface area contributed by atoms with E-state index in [1.54, 1.807) is 6.20 Å². The van der Waals surface area contributed by atoms with Gasteiger partial charge in [-0.05, 0) is 37.2 Å². The van der Waals surface area contributed by atoms with Crippen LogP contribution in [-0.2, 0) is 13.5 Å². The number of hydrogen-bond acceptors (Lipinski definition) is 3.